The Hall–Kier alpha value is -2.18. The molecule has 0 N–H and O–H groups in total. The highest BCUT2D eigenvalue weighted by atomic mass is 32.1. The topological polar surface area (TPSA) is 36.7 Å². The largest absolute Gasteiger partial charge is 0.245 e. The number of aromatic nitrogens is 1. The maximum absolute atomic E-state index is 8.85. The molecular formula is C19H15N2S. The zero-order chi connectivity index (χ0) is 14.9. The quantitative estimate of drug-likeness (QED) is 0.692. The Kier molecular flexibility index (Phi) is 3.40. The van der Waals surface area contributed by atoms with E-state index in [2.05, 4.69) is 41.4 Å². The summed E-state index contributed by atoms with van der Waals surface area (Å²) in [6, 6.07) is 16.8. The van der Waals surface area contributed by atoms with Gasteiger partial charge in [0.1, 0.15) is 0 Å². The van der Waals surface area contributed by atoms with E-state index in [1.54, 1.807) is 17.3 Å². The van der Waals surface area contributed by atoms with Crippen LogP contribution in [0.5, 0.6) is 0 Å². The van der Waals surface area contributed by atoms with E-state index in [-0.39, 0.29) is 0 Å². The summed E-state index contributed by atoms with van der Waals surface area (Å²) in [4.78, 5) is 4.39. The second-order valence-electron chi connectivity index (χ2n) is 5.92. The van der Waals surface area contributed by atoms with Gasteiger partial charge in [-0.25, -0.2) is 4.98 Å². The van der Waals surface area contributed by atoms with Crippen molar-refractivity contribution in [2.24, 2.45) is 0 Å². The van der Waals surface area contributed by atoms with E-state index >= 15 is 0 Å². The Bertz CT molecular complexity index is 836. The molecule has 0 saturated heterocycles. The summed E-state index contributed by atoms with van der Waals surface area (Å²) in [7, 11) is 0. The summed E-state index contributed by atoms with van der Waals surface area (Å²) in [5.74, 6) is 2.25. The number of nitrogens with zero attached hydrogens (tertiary/aromatic N) is 2. The van der Waals surface area contributed by atoms with Crippen molar-refractivity contribution < 1.29 is 0 Å². The third kappa shape index (κ3) is 2.51. The lowest BCUT2D eigenvalue weighted by atomic mass is 9.69. The van der Waals surface area contributed by atoms with Gasteiger partial charge in [-0.1, -0.05) is 18.2 Å². The summed E-state index contributed by atoms with van der Waals surface area (Å²) in [5, 5.41) is 8.85. The zero-order valence-electron chi connectivity index (χ0n) is 12.1. The summed E-state index contributed by atoms with van der Waals surface area (Å²) in [6.45, 7) is 0. The molecule has 2 nitrogen and oxygen atoms in total. The lowest BCUT2D eigenvalue weighted by molar-refractivity contribution is 0.447. The number of nitriles is 1. The van der Waals surface area contributed by atoms with E-state index in [1.807, 2.05) is 17.6 Å². The van der Waals surface area contributed by atoms with Gasteiger partial charge in [0.05, 0.1) is 27.4 Å². The Morgan fingerprint density at radius 1 is 1.14 bits per heavy atom. The SMILES string of the molecule is N#Cc1ccc(C2C[C](Cc3ccc4scnc4c3)C2)cc1. The number of hydrogen-bond donors (Lipinski definition) is 0. The molecule has 2 aromatic carbocycles. The molecule has 4 rings (SSSR count). The molecule has 22 heavy (non-hydrogen) atoms. The fraction of sp³-hybridized carbons (Fsp3) is 0.211. The molecule has 3 aromatic rings. The molecule has 1 fully saturated rings. The molecule has 0 spiro atoms. The summed E-state index contributed by atoms with van der Waals surface area (Å²) in [6.07, 6.45) is 3.41. The van der Waals surface area contributed by atoms with Gasteiger partial charge in [-0.15, -0.1) is 11.3 Å². The van der Waals surface area contributed by atoms with Crippen LogP contribution >= 0.6 is 11.3 Å². The maximum atomic E-state index is 8.85. The van der Waals surface area contributed by atoms with Gasteiger partial charge in [-0.05, 0) is 66.5 Å². The average molecular weight is 303 g/mol. The first-order valence-corrected chi connectivity index (χ1v) is 8.35. The Labute approximate surface area is 134 Å². The van der Waals surface area contributed by atoms with Gasteiger partial charge in [0, 0.05) is 0 Å². The molecule has 0 aliphatic heterocycles. The highest BCUT2D eigenvalue weighted by molar-refractivity contribution is 7.16. The van der Waals surface area contributed by atoms with Crippen LogP contribution in [0.4, 0.5) is 0 Å². The summed E-state index contributed by atoms with van der Waals surface area (Å²) in [5.41, 5.74) is 6.49. The van der Waals surface area contributed by atoms with Gasteiger partial charge in [-0.2, -0.15) is 5.26 Å². The Morgan fingerprint density at radius 3 is 2.73 bits per heavy atom. The summed E-state index contributed by atoms with van der Waals surface area (Å²) >= 11 is 1.69. The predicted octanol–water partition coefficient (Wildman–Crippen LogP) is 4.86. The second kappa shape index (κ2) is 5.55. The fourth-order valence-electron chi connectivity index (χ4n) is 3.15. The molecule has 1 heterocycles. The molecule has 0 atom stereocenters. The predicted molar refractivity (Wildman–Crippen MR) is 89.7 cm³/mol. The van der Waals surface area contributed by atoms with E-state index in [9.17, 15) is 0 Å². The van der Waals surface area contributed by atoms with E-state index in [4.69, 9.17) is 5.26 Å². The molecule has 1 aliphatic carbocycles. The van der Waals surface area contributed by atoms with E-state index in [1.165, 1.54) is 28.7 Å². The van der Waals surface area contributed by atoms with Gasteiger partial charge in [0.2, 0.25) is 0 Å². The molecule has 3 heteroatoms. The molecule has 1 radical (unpaired) electrons. The lowest BCUT2D eigenvalue weighted by Gasteiger charge is -2.35. The van der Waals surface area contributed by atoms with Crippen molar-refractivity contribution in [1.82, 2.24) is 4.98 Å². The Balaban J connectivity index is 1.39. The molecule has 1 aliphatic rings. The van der Waals surface area contributed by atoms with Gasteiger partial charge >= 0.3 is 0 Å². The molecule has 1 saturated carbocycles. The van der Waals surface area contributed by atoms with Gasteiger partial charge < -0.3 is 0 Å². The first-order chi connectivity index (χ1) is 10.8. The number of benzene rings is 2. The second-order valence-corrected chi connectivity index (χ2v) is 6.81. The van der Waals surface area contributed by atoms with Crippen molar-refractivity contribution in [2.45, 2.75) is 25.2 Å². The fourth-order valence-corrected chi connectivity index (χ4v) is 3.81. The van der Waals surface area contributed by atoms with Crippen LogP contribution in [0.15, 0.2) is 48.0 Å². The third-order valence-corrected chi connectivity index (χ3v) is 5.24. The van der Waals surface area contributed by atoms with Crippen LogP contribution in [0.2, 0.25) is 0 Å². The van der Waals surface area contributed by atoms with E-state index in [0.29, 0.717) is 5.92 Å². The number of hydrogen-bond acceptors (Lipinski definition) is 3. The first kappa shape index (κ1) is 13.5. The van der Waals surface area contributed by atoms with Crippen LogP contribution in [0.3, 0.4) is 0 Å². The minimum atomic E-state index is 0.630. The molecule has 0 unspecified atom stereocenters. The number of rotatable bonds is 3. The monoisotopic (exact) mass is 303 g/mol. The lowest BCUT2D eigenvalue weighted by Crippen LogP contribution is -2.21. The highest BCUT2D eigenvalue weighted by Gasteiger charge is 2.30. The minimum absolute atomic E-state index is 0.630. The highest BCUT2D eigenvalue weighted by Crippen LogP contribution is 2.44. The van der Waals surface area contributed by atoms with Gasteiger partial charge in [0.15, 0.2) is 0 Å². The summed E-state index contributed by atoms with van der Waals surface area (Å²) < 4.78 is 1.26. The van der Waals surface area contributed by atoms with Gasteiger partial charge in [-0.3, -0.25) is 0 Å². The molecule has 1 aromatic heterocycles. The normalized spacial score (nSPS) is 15.6. The van der Waals surface area contributed by atoms with Crippen LogP contribution in [0, 0.1) is 17.2 Å². The standard InChI is InChI=1S/C19H15N2S/c20-11-13-1-4-16(5-2-13)17-8-15(9-17)7-14-3-6-19-18(10-14)21-12-22-19/h1-6,10,12,17H,7-9H2. The van der Waals surface area contributed by atoms with Crippen molar-refractivity contribution in [2.75, 3.05) is 0 Å². The van der Waals surface area contributed by atoms with Crippen molar-refractivity contribution in [3.05, 3.63) is 70.6 Å². The minimum Gasteiger partial charge on any atom is -0.245 e. The molecular weight excluding hydrogens is 288 g/mol. The first-order valence-electron chi connectivity index (χ1n) is 7.47. The molecule has 107 valence electrons. The third-order valence-electron chi connectivity index (χ3n) is 4.43. The maximum Gasteiger partial charge on any atom is 0.0991 e. The zero-order valence-corrected chi connectivity index (χ0v) is 12.9. The van der Waals surface area contributed by atoms with Crippen LogP contribution < -0.4 is 0 Å². The van der Waals surface area contributed by atoms with Crippen molar-refractivity contribution in [3.8, 4) is 6.07 Å². The number of thiazole rings is 1. The van der Waals surface area contributed by atoms with Crippen molar-refractivity contribution >= 4 is 21.6 Å². The smallest absolute Gasteiger partial charge is 0.0991 e. The van der Waals surface area contributed by atoms with E-state index in [0.717, 1.165) is 17.5 Å². The van der Waals surface area contributed by atoms with Crippen LogP contribution in [-0.4, -0.2) is 4.98 Å². The van der Waals surface area contributed by atoms with Crippen molar-refractivity contribution in [1.29, 1.82) is 5.26 Å². The van der Waals surface area contributed by atoms with E-state index < -0.39 is 0 Å². The molecule has 0 amide bonds. The van der Waals surface area contributed by atoms with Crippen LogP contribution in [0.1, 0.15) is 35.4 Å². The molecule has 0 bridgehead atoms. The van der Waals surface area contributed by atoms with Crippen molar-refractivity contribution in [3.63, 3.8) is 0 Å². The van der Waals surface area contributed by atoms with Crippen LogP contribution in [-0.2, 0) is 6.42 Å². The number of fused-ring (bicyclic) bond motifs is 1. The van der Waals surface area contributed by atoms with Gasteiger partial charge in [0.25, 0.3) is 0 Å². The van der Waals surface area contributed by atoms with Crippen LogP contribution in [0.25, 0.3) is 10.2 Å². The Morgan fingerprint density at radius 2 is 1.95 bits per heavy atom. The average Bonchev–Trinajstić information content (AvgIpc) is 2.98.